The van der Waals surface area contributed by atoms with E-state index in [4.69, 9.17) is 13.9 Å². The number of carbonyl (C=O) groups is 1. The van der Waals surface area contributed by atoms with E-state index in [0.717, 1.165) is 16.5 Å². The summed E-state index contributed by atoms with van der Waals surface area (Å²) in [7, 11) is 1.57. The van der Waals surface area contributed by atoms with Crippen LogP contribution in [0.15, 0.2) is 57.7 Å². The van der Waals surface area contributed by atoms with Gasteiger partial charge in [-0.15, -0.1) is 0 Å². The van der Waals surface area contributed by atoms with Crippen molar-refractivity contribution in [3.05, 3.63) is 75.6 Å². The summed E-state index contributed by atoms with van der Waals surface area (Å²) in [6.45, 7) is 1.94. The van der Waals surface area contributed by atoms with E-state index < -0.39 is 5.63 Å². The largest absolute Gasteiger partial charge is 0.497 e. The van der Waals surface area contributed by atoms with Crippen LogP contribution in [0.2, 0.25) is 0 Å². The van der Waals surface area contributed by atoms with Gasteiger partial charge in [-0.2, -0.15) is 0 Å². The third kappa shape index (κ3) is 4.07. The number of hydrogen-bond donors (Lipinski definition) is 0. The highest BCUT2D eigenvalue weighted by Gasteiger charge is 2.10. The number of hydrogen-bond acceptors (Lipinski definition) is 5. The van der Waals surface area contributed by atoms with Gasteiger partial charge in [0.05, 0.1) is 13.5 Å². The fourth-order valence-electron chi connectivity index (χ4n) is 2.61. The normalized spacial score (nSPS) is 10.6. The number of benzene rings is 2. The fourth-order valence-corrected chi connectivity index (χ4v) is 2.61. The minimum absolute atomic E-state index is 0.0218. The van der Waals surface area contributed by atoms with Crippen molar-refractivity contribution < 1.29 is 18.7 Å². The molecule has 2 aromatic carbocycles. The Hall–Kier alpha value is -3.08. The average Bonchev–Trinajstić information content (AvgIpc) is 2.59. The highest BCUT2D eigenvalue weighted by atomic mass is 16.5. The molecule has 0 spiro atoms. The summed E-state index contributed by atoms with van der Waals surface area (Å²) in [5, 5.41) is 0.763. The third-order valence-corrected chi connectivity index (χ3v) is 3.86. The maximum absolute atomic E-state index is 12.1. The van der Waals surface area contributed by atoms with E-state index in [0.29, 0.717) is 16.9 Å². The zero-order chi connectivity index (χ0) is 17.8. The molecule has 0 aliphatic carbocycles. The lowest BCUT2D eigenvalue weighted by Gasteiger charge is -2.08. The second-order valence-corrected chi connectivity index (χ2v) is 5.78. The minimum Gasteiger partial charge on any atom is -0.497 e. The van der Waals surface area contributed by atoms with Crippen LogP contribution in [0.4, 0.5) is 0 Å². The quantitative estimate of drug-likeness (QED) is 0.527. The van der Waals surface area contributed by atoms with Gasteiger partial charge in [0.1, 0.15) is 17.9 Å². The number of methoxy groups -OCH3 is 1. The summed E-state index contributed by atoms with van der Waals surface area (Å²) in [4.78, 5) is 23.8. The van der Waals surface area contributed by atoms with E-state index in [2.05, 4.69) is 0 Å². The Labute approximate surface area is 144 Å². The van der Waals surface area contributed by atoms with Crippen molar-refractivity contribution in [2.24, 2.45) is 0 Å². The van der Waals surface area contributed by atoms with Gasteiger partial charge in [0.15, 0.2) is 0 Å². The zero-order valence-electron chi connectivity index (χ0n) is 14.1. The number of aryl methyl sites for hydroxylation is 1. The first-order chi connectivity index (χ1) is 12.0. The van der Waals surface area contributed by atoms with Crippen LogP contribution in [-0.4, -0.2) is 13.1 Å². The predicted molar refractivity (Wildman–Crippen MR) is 93.7 cm³/mol. The van der Waals surface area contributed by atoms with Crippen LogP contribution in [-0.2, 0) is 22.6 Å². The number of carbonyl (C=O) groups excluding carboxylic acids is 1. The van der Waals surface area contributed by atoms with Crippen molar-refractivity contribution in [2.75, 3.05) is 7.11 Å². The molecule has 128 valence electrons. The molecular weight excluding hydrogens is 320 g/mol. The van der Waals surface area contributed by atoms with Gasteiger partial charge in [0.25, 0.3) is 0 Å². The minimum atomic E-state index is -0.461. The molecule has 5 nitrogen and oxygen atoms in total. The first-order valence-corrected chi connectivity index (χ1v) is 7.87. The maximum atomic E-state index is 12.1. The molecule has 0 N–H and O–H groups in total. The topological polar surface area (TPSA) is 65.7 Å². The lowest BCUT2D eigenvalue weighted by atomic mass is 10.1. The standard InChI is InChI=1S/C20H18O5/c1-13-6-7-17-15(11-20(22)25-18(17)8-13)12-24-19(21)10-14-4-3-5-16(9-14)23-2/h3-9,11H,10,12H2,1-2H3. The predicted octanol–water partition coefficient (Wildman–Crippen LogP) is 3.40. The van der Waals surface area contributed by atoms with Crippen LogP contribution in [0.3, 0.4) is 0 Å². The van der Waals surface area contributed by atoms with Crippen molar-refractivity contribution in [3.8, 4) is 5.75 Å². The van der Waals surface area contributed by atoms with Crippen LogP contribution >= 0.6 is 0 Å². The van der Waals surface area contributed by atoms with Gasteiger partial charge in [0, 0.05) is 17.0 Å². The van der Waals surface area contributed by atoms with Gasteiger partial charge in [-0.1, -0.05) is 24.3 Å². The van der Waals surface area contributed by atoms with E-state index in [-0.39, 0.29) is 19.0 Å². The molecule has 3 aromatic rings. The lowest BCUT2D eigenvalue weighted by Crippen LogP contribution is -2.10. The van der Waals surface area contributed by atoms with Crippen molar-refractivity contribution in [2.45, 2.75) is 20.0 Å². The van der Waals surface area contributed by atoms with Crippen molar-refractivity contribution in [1.82, 2.24) is 0 Å². The van der Waals surface area contributed by atoms with Crippen molar-refractivity contribution in [3.63, 3.8) is 0 Å². The van der Waals surface area contributed by atoms with Gasteiger partial charge in [-0.05, 0) is 36.2 Å². The van der Waals surface area contributed by atoms with Crippen LogP contribution in [0.25, 0.3) is 11.0 Å². The highest BCUT2D eigenvalue weighted by molar-refractivity contribution is 5.81. The summed E-state index contributed by atoms with van der Waals surface area (Å²) in [5.74, 6) is 0.314. The van der Waals surface area contributed by atoms with Crippen LogP contribution < -0.4 is 10.4 Å². The molecule has 0 radical (unpaired) electrons. The van der Waals surface area contributed by atoms with E-state index in [1.165, 1.54) is 6.07 Å². The maximum Gasteiger partial charge on any atom is 0.336 e. The molecule has 0 aliphatic rings. The monoisotopic (exact) mass is 338 g/mol. The molecular formula is C20H18O5. The van der Waals surface area contributed by atoms with Gasteiger partial charge < -0.3 is 13.9 Å². The first kappa shape index (κ1) is 16.8. The zero-order valence-corrected chi connectivity index (χ0v) is 14.1. The molecule has 3 rings (SSSR count). The second kappa shape index (κ2) is 7.21. The molecule has 0 aliphatic heterocycles. The molecule has 0 fully saturated rings. The average molecular weight is 338 g/mol. The number of rotatable bonds is 5. The molecule has 0 unspecified atom stereocenters. The lowest BCUT2D eigenvalue weighted by molar-refractivity contribution is -0.144. The summed E-state index contributed by atoms with van der Waals surface area (Å²) in [6, 6.07) is 14.2. The van der Waals surface area contributed by atoms with E-state index in [1.807, 2.05) is 37.3 Å². The van der Waals surface area contributed by atoms with Gasteiger partial charge in [-0.3, -0.25) is 4.79 Å². The first-order valence-electron chi connectivity index (χ1n) is 7.87. The summed E-state index contributed by atoms with van der Waals surface area (Å²) < 4.78 is 15.7. The van der Waals surface area contributed by atoms with E-state index in [9.17, 15) is 9.59 Å². The van der Waals surface area contributed by atoms with Gasteiger partial charge >= 0.3 is 11.6 Å². The molecule has 1 heterocycles. The highest BCUT2D eigenvalue weighted by Crippen LogP contribution is 2.19. The Morgan fingerprint density at radius 2 is 1.96 bits per heavy atom. The molecule has 0 bridgehead atoms. The third-order valence-electron chi connectivity index (χ3n) is 3.86. The molecule has 0 atom stereocenters. The fraction of sp³-hybridized carbons (Fsp3) is 0.200. The molecule has 0 saturated heterocycles. The smallest absolute Gasteiger partial charge is 0.336 e. The number of fused-ring (bicyclic) bond motifs is 1. The molecule has 1 aromatic heterocycles. The Bertz CT molecular complexity index is 971. The van der Waals surface area contributed by atoms with Gasteiger partial charge in [-0.25, -0.2) is 4.79 Å². The SMILES string of the molecule is COc1cccc(CC(=O)OCc2cc(=O)oc3cc(C)ccc23)c1. The van der Waals surface area contributed by atoms with E-state index in [1.54, 1.807) is 19.2 Å². The molecule has 0 amide bonds. The van der Waals surface area contributed by atoms with Crippen molar-refractivity contribution in [1.29, 1.82) is 0 Å². The van der Waals surface area contributed by atoms with Crippen LogP contribution in [0.1, 0.15) is 16.7 Å². The second-order valence-electron chi connectivity index (χ2n) is 5.78. The number of esters is 1. The molecule has 0 saturated carbocycles. The Balaban J connectivity index is 1.73. The molecule has 5 heteroatoms. The van der Waals surface area contributed by atoms with Crippen LogP contribution in [0.5, 0.6) is 5.75 Å². The van der Waals surface area contributed by atoms with Crippen LogP contribution in [0, 0.1) is 6.92 Å². The van der Waals surface area contributed by atoms with Gasteiger partial charge in [0.2, 0.25) is 0 Å². The summed E-state index contributed by atoms with van der Waals surface area (Å²) >= 11 is 0. The number of ether oxygens (including phenoxy) is 2. The molecule has 25 heavy (non-hydrogen) atoms. The Morgan fingerprint density at radius 3 is 2.76 bits per heavy atom. The Kier molecular flexibility index (Phi) is 4.84. The summed E-state index contributed by atoms with van der Waals surface area (Å²) in [6.07, 6.45) is 0.135. The van der Waals surface area contributed by atoms with Crippen molar-refractivity contribution >= 4 is 16.9 Å². The Morgan fingerprint density at radius 1 is 1.12 bits per heavy atom. The summed E-state index contributed by atoms with van der Waals surface area (Å²) in [5.41, 5.74) is 2.45. The van der Waals surface area contributed by atoms with E-state index >= 15 is 0 Å².